The summed E-state index contributed by atoms with van der Waals surface area (Å²) in [5, 5.41) is 0.652. The fourth-order valence-electron chi connectivity index (χ4n) is 2.01. The van der Waals surface area contributed by atoms with Crippen LogP contribution >= 0.6 is 22.9 Å². The summed E-state index contributed by atoms with van der Waals surface area (Å²) in [6.45, 7) is 0.575. The highest BCUT2D eigenvalue weighted by molar-refractivity contribution is 7.16. The molecule has 5 heteroatoms. The summed E-state index contributed by atoms with van der Waals surface area (Å²) in [6, 6.07) is 11.5. The SMILES string of the molecule is NCCc1ccc(Cl)cc1Oc1ccc2ncsc2c1. The van der Waals surface area contributed by atoms with Crippen molar-refractivity contribution in [1.82, 2.24) is 4.98 Å². The van der Waals surface area contributed by atoms with Crippen molar-refractivity contribution in [3.05, 3.63) is 52.5 Å². The first-order chi connectivity index (χ1) is 9.76. The number of halogens is 1. The molecule has 0 unspecified atom stereocenters. The molecule has 0 saturated heterocycles. The highest BCUT2D eigenvalue weighted by Gasteiger charge is 2.07. The number of benzene rings is 2. The van der Waals surface area contributed by atoms with E-state index in [1.807, 2.05) is 41.9 Å². The van der Waals surface area contributed by atoms with Crippen LogP contribution in [0.1, 0.15) is 5.56 Å². The van der Waals surface area contributed by atoms with Gasteiger partial charge in [0, 0.05) is 11.1 Å². The van der Waals surface area contributed by atoms with Crippen LogP contribution in [0, 0.1) is 0 Å². The Balaban J connectivity index is 1.94. The van der Waals surface area contributed by atoms with Crippen molar-refractivity contribution in [2.75, 3.05) is 6.54 Å². The van der Waals surface area contributed by atoms with E-state index in [4.69, 9.17) is 22.1 Å². The van der Waals surface area contributed by atoms with Gasteiger partial charge in [-0.25, -0.2) is 4.98 Å². The van der Waals surface area contributed by atoms with E-state index in [1.165, 1.54) is 0 Å². The number of nitrogens with two attached hydrogens (primary N) is 1. The van der Waals surface area contributed by atoms with E-state index in [0.717, 1.165) is 33.7 Å². The summed E-state index contributed by atoms with van der Waals surface area (Å²) in [7, 11) is 0. The minimum Gasteiger partial charge on any atom is -0.457 e. The van der Waals surface area contributed by atoms with Crippen LogP contribution in [0.25, 0.3) is 10.2 Å². The van der Waals surface area contributed by atoms with Gasteiger partial charge < -0.3 is 10.5 Å². The molecule has 20 heavy (non-hydrogen) atoms. The maximum absolute atomic E-state index is 6.04. The van der Waals surface area contributed by atoms with E-state index in [9.17, 15) is 0 Å². The predicted molar refractivity (Wildman–Crippen MR) is 83.9 cm³/mol. The molecule has 3 aromatic rings. The highest BCUT2D eigenvalue weighted by Crippen LogP contribution is 2.31. The lowest BCUT2D eigenvalue weighted by Gasteiger charge is -2.11. The molecule has 3 rings (SSSR count). The molecule has 1 heterocycles. The molecule has 0 aliphatic rings. The third-order valence-electron chi connectivity index (χ3n) is 2.97. The van der Waals surface area contributed by atoms with Gasteiger partial charge >= 0.3 is 0 Å². The van der Waals surface area contributed by atoms with Gasteiger partial charge in [-0.05, 0) is 42.8 Å². The van der Waals surface area contributed by atoms with Crippen molar-refractivity contribution in [2.24, 2.45) is 5.73 Å². The van der Waals surface area contributed by atoms with Crippen LogP contribution in [0.5, 0.6) is 11.5 Å². The zero-order valence-electron chi connectivity index (χ0n) is 10.7. The lowest BCUT2D eigenvalue weighted by molar-refractivity contribution is 0.477. The fraction of sp³-hybridized carbons (Fsp3) is 0.133. The molecular weight excluding hydrogens is 292 g/mol. The van der Waals surface area contributed by atoms with Crippen molar-refractivity contribution in [1.29, 1.82) is 0 Å². The summed E-state index contributed by atoms with van der Waals surface area (Å²) in [4.78, 5) is 4.25. The Morgan fingerprint density at radius 1 is 1.20 bits per heavy atom. The number of nitrogens with zero attached hydrogens (tertiary/aromatic N) is 1. The summed E-state index contributed by atoms with van der Waals surface area (Å²) in [6.07, 6.45) is 0.759. The van der Waals surface area contributed by atoms with Crippen molar-refractivity contribution in [2.45, 2.75) is 6.42 Å². The zero-order valence-corrected chi connectivity index (χ0v) is 12.2. The lowest BCUT2D eigenvalue weighted by atomic mass is 10.1. The quantitative estimate of drug-likeness (QED) is 0.784. The van der Waals surface area contributed by atoms with Crippen molar-refractivity contribution < 1.29 is 4.74 Å². The third-order valence-corrected chi connectivity index (χ3v) is 4.00. The molecule has 0 aliphatic heterocycles. The Bertz CT molecular complexity index is 742. The normalized spacial score (nSPS) is 10.9. The number of hydrogen-bond donors (Lipinski definition) is 1. The highest BCUT2D eigenvalue weighted by atomic mass is 35.5. The Labute approximate surface area is 126 Å². The first kappa shape index (κ1) is 13.4. The molecule has 1 aromatic heterocycles. The summed E-state index contributed by atoms with van der Waals surface area (Å²) in [5.41, 5.74) is 9.49. The zero-order chi connectivity index (χ0) is 13.9. The average molecular weight is 305 g/mol. The Kier molecular flexibility index (Phi) is 3.87. The second-order valence-corrected chi connectivity index (χ2v) is 5.70. The van der Waals surface area contributed by atoms with Gasteiger partial charge in [-0.3, -0.25) is 0 Å². The second kappa shape index (κ2) is 5.79. The van der Waals surface area contributed by atoms with E-state index in [-0.39, 0.29) is 0 Å². The molecule has 0 radical (unpaired) electrons. The molecular formula is C15H13ClN2OS. The maximum Gasteiger partial charge on any atom is 0.132 e. The van der Waals surface area contributed by atoms with Gasteiger partial charge in [-0.2, -0.15) is 0 Å². The molecule has 0 fully saturated rings. The fourth-order valence-corrected chi connectivity index (χ4v) is 2.88. The summed E-state index contributed by atoms with van der Waals surface area (Å²) < 4.78 is 7.06. The van der Waals surface area contributed by atoms with E-state index >= 15 is 0 Å². The third kappa shape index (κ3) is 2.77. The van der Waals surface area contributed by atoms with Gasteiger partial charge in [-0.1, -0.05) is 17.7 Å². The number of rotatable bonds is 4. The van der Waals surface area contributed by atoms with Gasteiger partial charge in [0.25, 0.3) is 0 Å². The summed E-state index contributed by atoms with van der Waals surface area (Å²) >= 11 is 7.63. The van der Waals surface area contributed by atoms with Gasteiger partial charge in [0.2, 0.25) is 0 Å². The van der Waals surface area contributed by atoms with Gasteiger partial charge in [0.05, 0.1) is 15.7 Å². The molecule has 3 nitrogen and oxygen atoms in total. The van der Waals surface area contributed by atoms with Gasteiger partial charge in [0.15, 0.2) is 0 Å². The monoisotopic (exact) mass is 304 g/mol. The van der Waals surface area contributed by atoms with Crippen LogP contribution in [0.2, 0.25) is 5.02 Å². The van der Waals surface area contributed by atoms with Crippen LogP contribution in [0.4, 0.5) is 0 Å². The van der Waals surface area contributed by atoms with E-state index < -0.39 is 0 Å². The van der Waals surface area contributed by atoms with Gasteiger partial charge in [0.1, 0.15) is 11.5 Å². The Morgan fingerprint density at radius 3 is 2.95 bits per heavy atom. The minimum atomic E-state index is 0.575. The van der Waals surface area contributed by atoms with Crippen LogP contribution in [-0.4, -0.2) is 11.5 Å². The average Bonchev–Trinajstić information content (AvgIpc) is 2.89. The topological polar surface area (TPSA) is 48.1 Å². The molecule has 0 amide bonds. The Hall–Kier alpha value is -1.62. The number of thiazole rings is 1. The van der Waals surface area contributed by atoms with Crippen molar-refractivity contribution in [3.63, 3.8) is 0 Å². The number of hydrogen-bond acceptors (Lipinski definition) is 4. The van der Waals surface area contributed by atoms with E-state index in [0.29, 0.717) is 11.6 Å². The van der Waals surface area contributed by atoms with Gasteiger partial charge in [-0.15, -0.1) is 11.3 Å². The van der Waals surface area contributed by atoms with Crippen LogP contribution in [-0.2, 0) is 6.42 Å². The predicted octanol–water partition coefficient (Wildman–Crippen LogP) is 4.24. The maximum atomic E-state index is 6.04. The molecule has 2 aromatic carbocycles. The van der Waals surface area contributed by atoms with E-state index in [1.54, 1.807) is 11.3 Å². The van der Waals surface area contributed by atoms with Crippen LogP contribution in [0.15, 0.2) is 41.9 Å². The minimum absolute atomic E-state index is 0.575. The van der Waals surface area contributed by atoms with Crippen molar-refractivity contribution in [3.8, 4) is 11.5 Å². The number of aromatic nitrogens is 1. The molecule has 2 N–H and O–H groups in total. The molecule has 102 valence electrons. The molecule has 0 saturated carbocycles. The smallest absolute Gasteiger partial charge is 0.132 e. The molecule has 0 atom stereocenters. The lowest BCUT2D eigenvalue weighted by Crippen LogP contribution is -2.04. The number of fused-ring (bicyclic) bond motifs is 1. The largest absolute Gasteiger partial charge is 0.457 e. The standard InChI is InChI=1S/C15H13ClN2OS/c16-11-2-1-10(5-6-17)14(7-11)19-12-3-4-13-15(8-12)20-9-18-13/h1-4,7-9H,5-6,17H2. The summed E-state index contributed by atoms with van der Waals surface area (Å²) in [5.74, 6) is 1.54. The van der Waals surface area contributed by atoms with Crippen LogP contribution < -0.4 is 10.5 Å². The van der Waals surface area contributed by atoms with Crippen LogP contribution in [0.3, 0.4) is 0 Å². The first-order valence-electron chi connectivity index (χ1n) is 6.26. The Morgan fingerprint density at radius 2 is 2.10 bits per heavy atom. The van der Waals surface area contributed by atoms with E-state index in [2.05, 4.69) is 4.98 Å². The first-order valence-corrected chi connectivity index (χ1v) is 7.51. The number of ether oxygens (including phenoxy) is 1. The van der Waals surface area contributed by atoms with Crippen molar-refractivity contribution >= 4 is 33.2 Å². The molecule has 0 aliphatic carbocycles. The second-order valence-electron chi connectivity index (χ2n) is 4.37. The molecule has 0 spiro atoms. The molecule has 0 bridgehead atoms.